The summed E-state index contributed by atoms with van der Waals surface area (Å²) in [6.45, 7) is 0. The number of hydrogen-bond acceptors (Lipinski definition) is 3. The first-order valence-corrected chi connectivity index (χ1v) is 6.93. The van der Waals surface area contributed by atoms with Crippen LogP contribution in [-0.4, -0.2) is 12.1 Å². The number of benzene rings is 1. The van der Waals surface area contributed by atoms with Crippen LogP contribution in [0.25, 0.3) is 0 Å². The molecule has 98 valence electrons. The maximum absolute atomic E-state index is 11.6. The third kappa shape index (κ3) is 4.86. The van der Waals surface area contributed by atoms with Gasteiger partial charge in [0.2, 0.25) is 5.91 Å². The van der Waals surface area contributed by atoms with Crippen LogP contribution in [0.5, 0.6) is 0 Å². The Hall–Kier alpha value is -1.63. The molecular weight excluding hydrogens is 355 g/mol. The number of carbonyl (C=O) groups is 1. The monoisotopic (exact) mass is 368 g/mol. The molecular formula is C14H13IN2O2. The number of aryl methyl sites for hydroxylation is 1. The summed E-state index contributed by atoms with van der Waals surface area (Å²) in [6, 6.07) is 13.5. The Morgan fingerprint density at radius 3 is 2.74 bits per heavy atom. The molecule has 4 nitrogen and oxygen atoms in total. The molecule has 0 saturated heterocycles. The molecule has 0 saturated carbocycles. The Labute approximate surface area is 125 Å². The van der Waals surface area contributed by atoms with Gasteiger partial charge in [0.1, 0.15) is 5.76 Å². The molecule has 5 heteroatoms. The van der Waals surface area contributed by atoms with E-state index in [9.17, 15) is 4.79 Å². The number of halogens is 1. The van der Waals surface area contributed by atoms with Gasteiger partial charge in [-0.25, -0.2) is 5.43 Å². The zero-order chi connectivity index (χ0) is 13.5. The van der Waals surface area contributed by atoms with Crippen LogP contribution < -0.4 is 5.43 Å². The lowest BCUT2D eigenvalue weighted by atomic mass is 10.1. The Bertz CT molecular complexity index is 564. The summed E-state index contributed by atoms with van der Waals surface area (Å²) in [4.78, 5) is 11.6. The molecule has 0 aliphatic heterocycles. The lowest BCUT2D eigenvalue weighted by Gasteiger charge is -2.00. The van der Waals surface area contributed by atoms with Crippen molar-refractivity contribution < 1.29 is 9.21 Å². The van der Waals surface area contributed by atoms with Gasteiger partial charge < -0.3 is 4.42 Å². The van der Waals surface area contributed by atoms with E-state index in [1.807, 2.05) is 36.4 Å². The number of hydrazone groups is 1. The topological polar surface area (TPSA) is 54.6 Å². The summed E-state index contributed by atoms with van der Waals surface area (Å²) in [5.74, 6) is 0.508. The zero-order valence-electron chi connectivity index (χ0n) is 10.2. The SMILES string of the molecule is O=C(CCc1ccccc1)N/N=C\c1ccc(I)o1. The van der Waals surface area contributed by atoms with Gasteiger partial charge in [-0.05, 0) is 46.7 Å². The van der Waals surface area contributed by atoms with Crippen molar-refractivity contribution in [1.29, 1.82) is 0 Å². The molecule has 2 rings (SSSR count). The quantitative estimate of drug-likeness (QED) is 0.501. The summed E-state index contributed by atoms with van der Waals surface area (Å²) in [7, 11) is 0. The fraction of sp³-hybridized carbons (Fsp3) is 0.143. The largest absolute Gasteiger partial charge is 0.449 e. The van der Waals surface area contributed by atoms with Gasteiger partial charge in [-0.2, -0.15) is 5.10 Å². The zero-order valence-corrected chi connectivity index (χ0v) is 12.3. The maximum Gasteiger partial charge on any atom is 0.240 e. The van der Waals surface area contributed by atoms with Crippen LogP contribution in [0.1, 0.15) is 17.7 Å². The van der Waals surface area contributed by atoms with Gasteiger partial charge in [0.05, 0.1) is 6.21 Å². The molecule has 1 aromatic heterocycles. The van der Waals surface area contributed by atoms with Gasteiger partial charge in [0.25, 0.3) is 0 Å². The average molecular weight is 368 g/mol. The highest BCUT2D eigenvalue weighted by Gasteiger charge is 2.00. The average Bonchev–Trinajstić information content (AvgIpc) is 2.83. The van der Waals surface area contributed by atoms with Crippen molar-refractivity contribution in [3.8, 4) is 0 Å². The van der Waals surface area contributed by atoms with Crippen molar-refractivity contribution >= 4 is 34.7 Å². The summed E-state index contributed by atoms with van der Waals surface area (Å²) in [5.41, 5.74) is 3.62. The van der Waals surface area contributed by atoms with E-state index in [0.29, 0.717) is 18.6 Å². The second kappa shape index (κ2) is 7.08. The van der Waals surface area contributed by atoms with Crippen molar-refractivity contribution in [2.45, 2.75) is 12.8 Å². The lowest BCUT2D eigenvalue weighted by Crippen LogP contribution is -2.17. The van der Waals surface area contributed by atoms with Crippen molar-refractivity contribution in [3.63, 3.8) is 0 Å². The van der Waals surface area contributed by atoms with Crippen molar-refractivity contribution in [2.75, 3.05) is 0 Å². The second-order valence-electron chi connectivity index (χ2n) is 3.92. The smallest absolute Gasteiger partial charge is 0.240 e. The molecule has 0 aliphatic rings. The van der Waals surface area contributed by atoms with Crippen molar-refractivity contribution in [3.05, 3.63) is 57.6 Å². The second-order valence-corrected chi connectivity index (χ2v) is 4.98. The van der Waals surface area contributed by atoms with Crippen molar-refractivity contribution in [2.24, 2.45) is 5.10 Å². The predicted octanol–water partition coefficient (Wildman–Crippen LogP) is 2.97. The number of nitrogens with one attached hydrogen (secondary N) is 1. The molecule has 0 radical (unpaired) electrons. The van der Waals surface area contributed by atoms with Gasteiger partial charge in [-0.3, -0.25) is 4.79 Å². The molecule has 1 heterocycles. The predicted molar refractivity (Wildman–Crippen MR) is 81.9 cm³/mol. The van der Waals surface area contributed by atoms with Gasteiger partial charge in [-0.1, -0.05) is 30.3 Å². The van der Waals surface area contributed by atoms with Crippen LogP contribution in [0.3, 0.4) is 0 Å². The van der Waals surface area contributed by atoms with E-state index in [2.05, 4.69) is 33.1 Å². The molecule has 0 fully saturated rings. The Morgan fingerprint density at radius 1 is 1.26 bits per heavy atom. The summed E-state index contributed by atoms with van der Waals surface area (Å²) in [6.07, 6.45) is 2.61. The molecule has 19 heavy (non-hydrogen) atoms. The van der Waals surface area contributed by atoms with Gasteiger partial charge >= 0.3 is 0 Å². The number of furan rings is 1. The normalized spacial score (nSPS) is 10.8. The van der Waals surface area contributed by atoms with Gasteiger partial charge in [-0.15, -0.1) is 0 Å². The number of amides is 1. The molecule has 0 atom stereocenters. The molecule has 0 bridgehead atoms. The van der Waals surface area contributed by atoms with E-state index in [-0.39, 0.29) is 5.91 Å². The highest BCUT2D eigenvalue weighted by molar-refractivity contribution is 14.1. The van der Waals surface area contributed by atoms with Crippen LogP contribution in [0, 0.1) is 3.77 Å². The van der Waals surface area contributed by atoms with Crippen LogP contribution >= 0.6 is 22.6 Å². The number of carbonyl (C=O) groups excluding carboxylic acids is 1. The first-order valence-electron chi connectivity index (χ1n) is 5.85. The summed E-state index contributed by atoms with van der Waals surface area (Å²) < 4.78 is 6.07. The van der Waals surface area contributed by atoms with Crippen LogP contribution in [-0.2, 0) is 11.2 Å². The standard InChI is InChI=1S/C14H13IN2O2/c15-13-8-7-12(19-13)10-16-17-14(18)9-6-11-4-2-1-3-5-11/h1-5,7-8,10H,6,9H2,(H,17,18)/b16-10-. The van der Waals surface area contributed by atoms with Gasteiger partial charge in [0, 0.05) is 6.42 Å². The van der Waals surface area contributed by atoms with E-state index in [4.69, 9.17) is 4.42 Å². The molecule has 1 amide bonds. The molecule has 0 spiro atoms. The minimum Gasteiger partial charge on any atom is -0.449 e. The Kier molecular flexibility index (Phi) is 5.14. The third-order valence-corrected chi connectivity index (χ3v) is 3.04. The Morgan fingerprint density at radius 2 is 2.05 bits per heavy atom. The first-order chi connectivity index (χ1) is 9.24. The maximum atomic E-state index is 11.6. The van der Waals surface area contributed by atoms with Crippen LogP contribution in [0.15, 0.2) is 52.0 Å². The number of nitrogens with zero attached hydrogens (tertiary/aromatic N) is 1. The third-order valence-electron chi connectivity index (χ3n) is 2.46. The molecule has 0 aliphatic carbocycles. The van der Waals surface area contributed by atoms with Gasteiger partial charge in [0.15, 0.2) is 3.77 Å². The highest BCUT2D eigenvalue weighted by atomic mass is 127. The minimum atomic E-state index is -0.110. The van der Waals surface area contributed by atoms with E-state index < -0.39 is 0 Å². The molecule has 2 aromatic rings. The van der Waals surface area contributed by atoms with Crippen LogP contribution in [0.2, 0.25) is 0 Å². The van der Waals surface area contributed by atoms with Crippen molar-refractivity contribution in [1.82, 2.24) is 5.43 Å². The van der Waals surface area contributed by atoms with E-state index in [1.165, 1.54) is 6.21 Å². The fourth-order valence-corrected chi connectivity index (χ4v) is 1.96. The fourth-order valence-electron chi connectivity index (χ4n) is 1.52. The summed E-state index contributed by atoms with van der Waals surface area (Å²) in [5, 5.41) is 3.85. The van der Waals surface area contributed by atoms with E-state index in [1.54, 1.807) is 6.07 Å². The lowest BCUT2D eigenvalue weighted by molar-refractivity contribution is -0.121. The highest BCUT2D eigenvalue weighted by Crippen LogP contribution is 2.07. The minimum absolute atomic E-state index is 0.110. The Balaban J connectivity index is 1.74. The molecule has 1 N–H and O–H groups in total. The summed E-state index contributed by atoms with van der Waals surface area (Å²) >= 11 is 2.07. The number of rotatable bonds is 5. The molecule has 1 aromatic carbocycles. The first kappa shape index (κ1) is 13.8. The van der Waals surface area contributed by atoms with E-state index >= 15 is 0 Å². The van der Waals surface area contributed by atoms with Crippen LogP contribution in [0.4, 0.5) is 0 Å². The number of hydrogen-bond donors (Lipinski definition) is 1. The molecule has 0 unspecified atom stereocenters. The van der Waals surface area contributed by atoms with E-state index in [0.717, 1.165) is 9.33 Å².